The lowest BCUT2D eigenvalue weighted by atomic mass is 9.86. The molecule has 52 heavy (non-hydrogen) atoms. The second kappa shape index (κ2) is 14.6. The number of hydrogen-bond donors (Lipinski definition) is 0. The molecular formula is C48H50N4. The van der Waals surface area contributed by atoms with E-state index in [9.17, 15) is 0 Å². The predicted molar refractivity (Wildman–Crippen MR) is 222 cm³/mol. The van der Waals surface area contributed by atoms with E-state index in [1.54, 1.807) is 0 Å². The van der Waals surface area contributed by atoms with Crippen LogP contribution < -0.4 is 10.0 Å². The molecule has 0 aliphatic carbocycles. The van der Waals surface area contributed by atoms with E-state index in [0.29, 0.717) is 0 Å². The Morgan fingerprint density at radius 2 is 0.788 bits per heavy atom. The van der Waals surface area contributed by atoms with Gasteiger partial charge in [0.15, 0.2) is 0 Å². The van der Waals surface area contributed by atoms with Gasteiger partial charge in [0.25, 0.3) is 0 Å². The Morgan fingerprint density at radius 1 is 0.442 bits per heavy atom. The number of benzene rings is 5. The van der Waals surface area contributed by atoms with Crippen molar-refractivity contribution in [2.75, 3.05) is 10.0 Å². The minimum absolute atomic E-state index is 0.104. The molecule has 2 atom stereocenters. The van der Waals surface area contributed by atoms with Gasteiger partial charge in [-0.3, -0.25) is 10.0 Å². The zero-order chi connectivity index (χ0) is 36.3. The maximum Gasteiger partial charge on any atom is 0.0831 e. The third-order valence-electron chi connectivity index (χ3n) is 10.1. The van der Waals surface area contributed by atoms with Crippen molar-refractivity contribution in [3.8, 4) is 0 Å². The minimum Gasteiger partial charge on any atom is -0.257 e. The van der Waals surface area contributed by atoms with Crippen LogP contribution in [0, 0.1) is 0 Å². The number of para-hydroxylation sites is 2. The molecule has 0 spiro atoms. The molecule has 2 aliphatic rings. The molecule has 2 heterocycles. The van der Waals surface area contributed by atoms with Crippen molar-refractivity contribution < 1.29 is 0 Å². The van der Waals surface area contributed by atoms with Crippen LogP contribution in [0.15, 0.2) is 156 Å². The molecule has 0 radical (unpaired) electrons. The first-order valence-electron chi connectivity index (χ1n) is 18.5. The van der Waals surface area contributed by atoms with Crippen molar-refractivity contribution in [2.45, 2.75) is 77.3 Å². The number of hydrazone groups is 2. The lowest BCUT2D eigenvalue weighted by molar-refractivity contribution is 0.590. The van der Waals surface area contributed by atoms with Gasteiger partial charge in [-0.1, -0.05) is 163 Å². The van der Waals surface area contributed by atoms with Crippen LogP contribution in [-0.2, 0) is 10.8 Å². The summed E-state index contributed by atoms with van der Waals surface area (Å²) in [7, 11) is 0. The molecule has 0 N–H and O–H groups in total. The van der Waals surface area contributed by atoms with E-state index in [1.807, 2.05) is 0 Å². The molecule has 0 saturated carbocycles. The molecule has 4 heteroatoms. The first kappa shape index (κ1) is 34.9. The molecule has 2 unspecified atom stereocenters. The molecule has 5 aromatic carbocycles. The van der Waals surface area contributed by atoms with E-state index in [0.717, 1.165) is 35.6 Å². The zero-order valence-corrected chi connectivity index (χ0v) is 31.4. The Balaban J connectivity index is 1.11. The summed E-state index contributed by atoms with van der Waals surface area (Å²) < 4.78 is 0. The Hall–Kier alpha value is -5.48. The molecule has 0 fully saturated rings. The maximum absolute atomic E-state index is 5.14. The lowest BCUT2D eigenvalue weighted by Crippen LogP contribution is -2.20. The van der Waals surface area contributed by atoms with Crippen molar-refractivity contribution in [1.82, 2.24) is 0 Å². The third kappa shape index (κ3) is 8.02. The van der Waals surface area contributed by atoms with Crippen molar-refractivity contribution in [3.05, 3.63) is 179 Å². The fourth-order valence-corrected chi connectivity index (χ4v) is 6.94. The van der Waals surface area contributed by atoms with Crippen molar-refractivity contribution in [3.63, 3.8) is 0 Å². The summed E-state index contributed by atoms with van der Waals surface area (Å²) in [4.78, 5) is 0. The Kier molecular flexibility index (Phi) is 9.83. The predicted octanol–water partition coefficient (Wildman–Crippen LogP) is 12.3. The summed E-state index contributed by atoms with van der Waals surface area (Å²) in [5.41, 5.74) is 12.2. The highest BCUT2D eigenvalue weighted by Gasteiger charge is 2.31. The van der Waals surface area contributed by atoms with Crippen molar-refractivity contribution in [2.24, 2.45) is 10.2 Å². The van der Waals surface area contributed by atoms with Crippen LogP contribution in [0.2, 0.25) is 0 Å². The maximum atomic E-state index is 5.14. The lowest BCUT2D eigenvalue weighted by Gasteiger charge is -2.26. The minimum atomic E-state index is 0.104. The molecule has 7 rings (SSSR count). The number of allylic oxidation sites excluding steroid dienone is 2. The quantitative estimate of drug-likeness (QED) is 0.163. The van der Waals surface area contributed by atoms with E-state index < -0.39 is 0 Å². The average Bonchev–Trinajstić information content (AvgIpc) is 3.79. The fourth-order valence-electron chi connectivity index (χ4n) is 6.94. The molecule has 0 bridgehead atoms. The summed E-state index contributed by atoms with van der Waals surface area (Å²) in [5, 5.41) is 14.6. The SMILES string of the molecule is CC(C)(C)c1ccc(C=CC2=NN(c3ccccc3)C(c3ccc(C4CC(C=Cc5ccc(C(C)(C)C)cc5)=NN4c4ccccc4)cc3)C2)cc1. The first-order valence-corrected chi connectivity index (χ1v) is 18.5. The van der Waals surface area contributed by atoms with Gasteiger partial charge >= 0.3 is 0 Å². The number of hydrogen-bond acceptors (Lipinski definition) is 4. The molecule has 0 saturated heterocycles. The standard InChI is InChI=1S/C48H50N4/c1-47(2,3)39-27-17-35(18-28-39)21-31-41-33-45(51(49-41)43-13-9-7-10-14-43)37-23-25-38(26-24-37)46-34-42(50-52(46)44-15-11-8-12-16-44)32-22-36-19-29-40(30-20-36)48(4,5)6/h7-32,45-46H,33-34H2,1-6H3. The van der Waals surface area contributed by atoms with Crippen LogP contribution in [0.25, 0.3) is 12.2 Å². The van der Waals surface area contributed by atoms with Gasteiger partial charge in [-0.2, -0.15) is 10.2 Å². The van der Waals surface area contributed by atoms with Crippen LogP contribution in [-0.4, -0.2) is 11.4 Å². The Labute approximate surface area is 310 Å². The summed E-state index contributed by atoms with van der Waals surface area (Å²) in [6, 6.07) is 48.1. The van der Waals surface area contributed by atoms with Gasteiger partial charge in [-0.25, -0.2) is 0 Å². The average molecular weight is 683 g/mol. The molecule has 0 amide bonds. The van der Waals surface area contributed by atoms with Crippen molar-refractivity contribution >= 4 is 35.0 Å². The van der Waals surface area contributed by atoms with Gasteiger partial charge in [0.2, 0.25) is 0 Å². The molecular weight excluding hydrogens is 633 g/mol. The normalized spacial score (nSPS) is 18.0. The smallest absolute Gasteiger partial charge is 0.0831 e. The Morgan fingerprint density at radius 3 is 1.12 bits per heavy atom. The summed E-state index contributed by atoms with van der Waals surface area (Å²) in [6.07, 6.45) is 10.4. The van der Waals surface area contributed by atoms with E-state index in [-0.39, 0.29) is 22.9 Å². The summed E-state index contributed by atoms with van der Waals surface area (Å²) in [6.45, 7) is 13.5. The van der Waals surface area contributed by atoms with E-state index in [4.69, 9.17) is 10.2 Å². The summed E-state index contributed by atoms with van der Waals surface area (Å²) in [5.74, 6) is 0. The van der Waals surface area contributed by atoms with Crippen LogP contribution in [0.1, 0.15) is 99.8 Å². The van der Waals surface area contributed by atoms with Crippen LogP contribution in [0.5, 0.6) is 0 Å². The van der Waals surface area contributed by atoms with Crippen LogP contribution in [0.4, 0.5) is 11.4 Å². The Bertz CT molecular complexity index is 1920. The van der Waals surface area contributed by atoms with Gasteiger partial charge in [0.05, 0.1) is 34.9 Å². The summed E-state index contributed by atoms with van der Waals surface area (Å²) >= 11 is 0. The number of anilines is 2. The fraction of sp³-hybridized carbons (Fsp3) is 0.250. The highest BCUT2D eigenvalue weighted by atomic mass is 15.5. The molecule has 5 aromatic rings. The second-order valence-electron chi connectivity index (χ2n) is 16.1. The van der Waals surface area contributed by atoms with Gasteiger partial charge in [-0.15, -0.1) is 0 Å². The topological polar surface area (TPSA) is 31.2 Å². The first-order chi connectivity index (χ1) is 25.0. The van der Waals surface area contributed by atoms with Gasteiger partial charge < -0.3 is 0 Å². The third-order valence-corrected chi connectivity index (χ3v) is 10.1. The van der Waals surface area contributed by atoms with Crippen LogP contribution in [0.3, 0.4) is 0 Å². The zero-order valence-electron chi connectivity index (χ0n) is 31.4. The van der Waals surface area contributed by atoms with Gasteiger partial charge in [0.1, 0.15) is 0 Å². The molecule has 262 valence electrons. The second-order valence-corrected chi connectivity index (χ2v) is 16.1. The largest absolute Gasteiger partial charge is 0.257 e. The number of nitrogens with zero attached hydrogens (tertiary/aromatic N) is 4. The molecule has 0 aromatic heterocycles. The highest BCUT2D eigenvalue weighted by molar-refractivity contribution is 6.02. The van der Waals surface area contributed by atoms with Gasteiger partial charge in [0, 0.05) is 12.8 Å². The molecule has 2 aliphatic heterocycles. The van der Waals surface area contributed by atoms with Gasteiger partial charge in [-0.05, 0) is 80.6 Å². The molecule has 4 nitrogen and oxygen atoms in total. The highest BCUT2D eigenvalue weighted by Crippen LogP contribution is 2.39. The van der Waals surface area contributed by atoms with E-state index >= 15 is 0 Å². The van der Waals surface area contributed by atoms with Crippen molar-refractivity contribution in [1.29, 1.82) is 0 Å². The van der Waals surface area contributed by atoms with E-state index in [2.05, 4.69) is 209 Å². The van der Waals surface area contributed by atoms with Crippen LogP contribution >= 0.6 is 0 Å². The number of rotatable bonds is 8. The monoisotopic (exact) mass is 682 g/mol. The van der Waals surface area contributed by atoms with E-state index in [1.165, 1.54) is 33.4 Å².